The standard InChI is InChI=1S/C16H12O2/c17-11-14-8-9-18-16-7-6-13(10-15(14)16)12-4-2-1-3-5-12/h1-11,14H. The number of carbonyl (C=O) groups is 1. The van der Waals surface area contributed by atoms with Crippen LogP contribution < -0.4 is 4.74 Å². The van der Waals surface area contributed by atoms with Crippen molar-refractivity contribution in [2.24, 2.45) is 0 Å². The zero-order chi connectivity index (χ0) is 12.4. The van der Waals surface area contributed by atoms with Crippen LogP contribution in [0.5, 0.6) is 5.75 Å². The summed E-state index contributed by atoms with van der Waals surface area (Å²) in [6.45, 7) is 0. The summed E-state index contributed by atoms with van der Waals surface area (Å²) in [7, 11) is 0. The molecule has 0 saturated carbocycles. The van der Waals surface area contributed by atoms with Gasteiger partial charge in [0, 0.05) is 5.56 Å². The third-order valence-electron chi connectivity index (χ3n) is 3.10. The Labute approximate surface area is 106 Å². The summed E-state index contributed by atoms with van der Waals surface area (Å²) in [5.74, 6) is 0.548. The second-order valence-corrected chi connectivity index (χ2v) is 4.23. The number of aldehydes is 1. The molecule has 1 atom stereocenters. The Morgan fingerprint density at radius 1 is 1.00 bits per heavy atom. The number of fused-ring (bicyclic) bond motifs is 1. The highest BCUT2D eigenvalue weighted by atomic mass is 16.5. The second-order valence-electron chi connectivity index (χ2n) is 4.23. The van der Waals surface area contributed by atoms with Crippen LogP contribution in [0.1, 0.15) is 11.5 Å². The third-order valence-corrected chi connectivity index (χ3v) is 3.10. The fraction of sp³-hybridized carbons (Fsp3) is 0.0625. The van der Waals surface area contributed by atoms with Crippen LogP contribution in [0.15, 0.2) is 60.9 Å². The number of allylic oxidation sites excluding steroid dienone is 1. The highest BCUT2D eigenvalue weighted by Gasteiger charge is 2.17. The monoisotopic (exact) mass is 236 g/mol. The molecule has 88 valence electrons. The minimum absolute atomic E-state index is 0.211. The van der Waals surface area contributed by atoms with Gasteiger partial charge in [0.2, 0.25) is 0 Å². The Balaban J connectivity index is 2.09. The first-order valence-corrected chi connectivity index (χ1v) is 5.86. The molecule has 0 amide bonds. The van der Waals surface area contributed by atoms with E-state index in [4.69, 9.17) is 4.74 Å². The van der Waals surface area contributed by atoms with Crippen LogP contribution in [0.4, 0.5) is 0 Å². The molecule has 1 unspecified atom stereocenters. The lowest BCUT2D eigenvalue weighted by Gasteiger charge is -2.17. The average molecular weight is 236 g/mol. The first kappa shape index (κ1) is 10.8. The van der Waals surface area contributed by atoms with Gasteiger partial charge in [0.15, 0.2) is 0 Å². The van der Waals surface area contributed by atoms with Crippen molar-refractivity contribution in [2.45, 2.75) is 5.92 Å². The van der Waals surface area contributed by atoms with Crippen LogP contribution in [0.2, 0.25) is 0 Å². The van der Waals surface area contributed by atoms with Crippen LogP contribution in [-0.4, -0.2) is 6.29 Å². The van der Waals surface area contributed by atoms with Crippen molar-refractivity contribution in [3.63, 3.8) is 0 Å². The summed E-state index contributed by atoms with van der Waals surface area (Å²) in [4.78, 5) is 11.1. The molecule has 0 fully saturated rings. The number of rotatable bonds is 2. The quantitative estimate of drug-likeness (QED) is 0.745. The molecule has 2 aromatic rings. The number of ether oxygens (including phenoxy) is 1. The molecule has 0 aromatic heterocycles. The average Bonchev–Trinajstić information content (AvgIpc) is 2.47. The molecule has 0 N–H and O–H groups in total. The van der Waals surface area contributed by atoms with Crippen molar-refractivity contribution in [1.82, 2.24) is 0 Å². The molecule has 0 spiro atoms. The lowest BCUT2D eigenvalue weighted by atomic mass is 9.94. The number of hydrogen-bond donors (Lipinski definition) is 0. The molecule has 0 saturated heterocycles. The molecule has 0 radical (unpaired) electrons. The van der Waals surface area contributed by atoms with Crippen LogP contribution in [0.3, 0.4) is 0 Å². The molecular weight excluding hydrogens is 224 g/mol. The Kier molecular flexibility index (Phi) is 2.69. The van der Waals surface area contributed by atoms with E-state index < -0.39 is 0 Å². The van der Waals surface area contributed by atoms with Crippen molar-refractivity contribution < 1.29 is 9.53 Å². The van der Waals surface area contributed by atoms with E-state index in [1.807, 2.05) is 36.4 Å². The van der Waals surface area contributed by atoms with Crippen LogP contribution in [0, 0.1) is 0 Å². The maximum Gasteiger partial charge on any atom is 0.131 e. The summed E-state index contributed by atoms with van der Waals surface area (Å²) < 4.78 is 5.41. The predicted octanol–water partition coefficient (Wildman–Crippen LogP) is 3.54. The predicted molar refractivity (Wildman–Crippen MR) is 70.5 cm³/mol. The molecule has 1 aliphatic rings. The van der Waals surface area contributed by atoms with E-state index in [9.17, 15) is 4.79 Å². The van der Waals surface area contributed by atoms with E-state index >= 15 is 0 Å². The fourth-order valence-electron chi connectivity index (χ4n) is 2.15. The first-order valence-electron chi connectivity index (χ1n) is 5.86. The molecule has 0 aliphatic carbocycles. The number of carbonyl (C=O) groups excluding carboxylic acids is 1. The minimum Gasteiger partial charge on any atom is -0.465 e. The number of hydrogen-bond acceptors (Lipinski definition) is 2. The van der Waals surface area contributed by atoms with Gasteiger partial charge in [0.1, 0.15) is 12.0 Å². The van der Waals surface area contributed by atoms with Crippen molar-refractivity contribution in [2.75, 3.05) is 0 Å². The van der Waals surface area contributed by atoms with Gasteiger partial charge in [-0.05, 0) is 29.3 Å². The van der Waals surface area contributed by atoms with Gasteiger partial charge in [-0.1, -0.05) is 36.4 Å². The van der Waals surface area contributed by atoms with Crippen molar-refractivity contribution in [3.8, 4) is 16.9 Å². The van der Waals surface area contributed by atoms with Crippen LogP contribution >= 0.6 is 0 Å². The Hall–Kier alpha value is -2.35. The van der Waals surface area contributed by atoms with Gasteiger partial charge >= 0.3 is 0 Å². The first-order chi connectivity index (χ1) is 8.88. The normalized spacial score (nSPS) is 16.8. The van der Waals surface area contributed by atoms with Crippen molar-refractivity contribution in [3.05, 3.63) is 66.4 Å². The lowest BCUT2D eigenvalue weighted by Crippen LogP contribution is -2.05. The zero-order valence-corrected chi connectivity index (χ0v) is 9.74. The fourth-order valence-corrected chi connectivity index (χ4v) is 2.15. The molecule has 18 heavy (non-hydrogen) atoms. The highest BCUT2D eigenvalue weighted by molar-refractivity contribution is 5.73. The van der Waals surface area contributed by atoms with Gasteiger partial charge in [0.25, 0.3) is 0 Å². The molecule has 2 nitrogen and oxygen atoms in total. The summed E-state index contributed by atoms with van der Waals surface area (Å²) in [5, 5.41) is 0. The van der Waals surface area contributed by atoms with E-state index in [1.54, 1.807) is 12.3 Å². The van der Waals surface area contributed by atoms with Crippen molar-refractivity contribution >= 4 is 6.29 Å². The molecule has 0 bridgehead atoms. The number of benzene rings is 2. The molecule has 1 heterocycles. The molecule has 2 heteroatoms. The molecule has 3 rings (SSSR count). The van der Waals surface area contributed by atoms with E-state index in [2.05, 4.69) is 12.1 Å². The Morgan fingerprint density at radius 2 is 1.83 bits per heavy atom. The van der Waals surface area contributed by atoms with Gasteiger partial charge in [-0.15, -0.1) is 0 Å². The minimum atomic E-state index is -0.211. The van der Waals surface area contributed by atoms with Gasteiger partial charge in [-0.25, -0.2) is 0 Å². The highest BCUT2D eigenvalue weighted by Crippen LogP contribution is 2.34. The SMILES string of the molecule is O=CC1C=COc2ccc(-c3ccccc3)cc21. The van der Waals surface area contributed by atoms with Gasteiger partial charge in [0.05, 0.1) is 12.2 Å². The second kappa shape index (κ2) is 4.49. The van der Waals surface area contributed by atoms with Crippen LogP contribution in [-0.2, 0) is 4.79 Å². The van der Waals surface area contributed by atoms with Gasteiger partial charge in [-0.3, -0.25) is 0 Å². The summed E-state index contributed by atoms with van der Waals surface area (Å²) in [5.41, 5.74) is 3.16. The Bertz CT molecular complexity index is 600. The Morgan fingerprint density at radius 3 is 2.61 bits per heavy atom. The smallest absolute Gasteiger partial charge is 0.131 e. The van der Waals surface area contributed by atoms with E-state index in [0.29, 0.717) is 0 Å². The summed E-state index contributed by atoms with van der Waals surface area (Å²) in [6.07, 6.45) is 4.28. The topological polar surface area (TPSA) is 26.3 Å². The largest absolute Gasteiger partial charge is 0.465 e. The van der Waals surface area contributed by atoms with Crippen molar-refractivity contribution in [1.29, 1.82) is 0 Å². The van der Waals surface area contributed by atoms with E-state index in [0.717, 1.165) is 28.7 Å². The summed E-state index contributed by atoms with van der Waals surface area (Å²) in [6, 6.07) is 16.0. The molecule has 2 aromatic carbocycles. The lowest BCUT2D eigenvalue weighted by molar-refractivity contribution is -0.108. The van der Waals surface area contributed by atoms with E-state index in [-0.39, 0.29) is 5.92 Å². The summed E-state index contributed by atoms with van der Waals surface area (Å²) >= 11 is 0. The maximum absolute atomic E-state index is 11.1. The van der Waals surface area contributed by atoms with Gasteiger partial charge in [-0.2, -0.15) is 0 Å². The van der Waals surface area contributed by atoms with E-state index in [1.165, 1.54) is 0 Å². The molecular formula is C16H12O2. The third kappa shape index (κ3) is 1.82. The zero-order valence-electron chi connectivity index (χ0n) is 9.74. The maximum atomic E-state index is 11.1. The molecule has 1 aliphatic heterocycles. The van der Waals surface area contributed by atoms with Gasteiger partial charge < -0.3 is 9.53 Å². The van der Waals surface area contributed by atoms with Crippen LogP contribution in [0.25, 0.3) is 11.1 Å².